The average Bonchev–Trinajstić information content (AvgIpc) is 2.98. The van der Waals surface area contributed by atoms with Crippen molar-refractivity contribution in [2.24, 2.45) is 0 Å². The highest BCUT2D eigenvalue weighted by molar-refractivity contribution is 5.96. The van der Waals surface area contributed by atoms with E-state index in [1.165, 1.54) is 18.4 Å². The summed E-state index contributed by atoms with van der Waals surface area (Å²) in [6, 6.07) is 1.80. The number of furan rings is 1. The van der Waals surface area contributed by atoms with Gasteiger partial charge < -0.3 is 25.1 Å². The van der Waals surface area contributed by atoms with Gasteiger partial charge in [0, 0.05) is 6.54 Å². The molecule has 9 nitrogen and oxygen atoms in total. The molecular formula is C12H13N3O6. The Kier molecular flexibility index (Phi) is 4.21. The van der Waals surface area contributed by atoms with Crippen LogP contribution in [0.1, 0.15) is 10.6 Å². The molecule has 0 radical (unpaired) electrons. The third-order valence-corrected chi connectivity index (χ3v) is 2.93. The Hall–Kier alpha value is -2.84. The normalized spacial score (nSPS) is 18.0. The molecule has 0 aliphatic carbocycles. The molecule has 1 unspecified atom stereocenters. The van der Waals surface area contributed by atoms with E-state index in [1.54, 1.807) is 0 Å². The molecule has 2 rings (SSSR count). The number of aliphatic carboxylic acids is 1. The number of carboxylic acids is 1. The van der Waals surface area contributed by atoms with Crippen molar-refractivity contribution >= 4 is 23.7 Å². The molecule has 2 heterocycles. The average molecular weight is 295 g/mol. The third kappa shape index (κ3) is 3.38. The largest absolute Gasteiger partial charge is 0.480 e. The zero-order valence-electron chi connectivity index (χ0n) is 10.9. The summed E-state index contributed by atoms with van der Waals surface area (Å²) in [5.41, 5.74) is 0. The van der Waals surface area contributed by atoms with Crippen LogP contribution in [0.15, 0.2) is 22.8 Å². The minimum Gasteiger partial charge on any atom is -0.480 e. The van der Waals surface area contributed by atoms with Crippen LogP contribution in [0.2, 0.25) is 0 Å². The van der Waals surface area contributed by atoms with Crippen molar-refractivity contribution in [3.05, 3.63) is 24.2 Å². The molecular weight excluding hydrogens is 282 g/mol. The van der Waals surface area contributed by atoms with E-state index in [0.29, 0.717) is 0 Å². The van der Waals surface area contributed by atoms with Gasteiger partial charge in [0.25, 0.3) is 5.91 Å². The van der Waals surface area contributed by atoms with E-state index in [9.17, 15) is 19.2 Å². The van der Waals surface area contributed by atoms with E-state index in [4.69, 9.17) is 9.52 Å². The van der Waals surface area contributed by atoms with Gasteiger partial charge in [0.05, 0.1) is 12.8 Å². The highest BCUT2D eigenvalue weighted by Gasteiger charge is 2.35. The molecule has 1 fully saturated rings. The molecule has 1 saturated heterocycles. The second-order valence-electron chi connectivity index (χ2n) is 4.34. The van der Waals surface area contributed by atoms with Crippen LogP contribution in [0.4, 0.5) is 0 Å². The maximum Gasteiger partial charge on any atom is 0.328 e. The number of carbonyl (C=O) groups excluding carboxylic acids is 3. The molecule has 0 bridgehead atoms. The Balaban J connectivity index is 1.96. The predicted octanol–water partition coefficient (Wildman–Crippen LogP) is -1.58. The van der Waals surface area contributed by atoms with Gasteiger partial charge in [0.1, 0.15) is 12.6 Å². The van der Waals surface area contributed by atoms with Crippen molar-refractivity contribution in [1.82, 2.24) is 15.5 Å². The fourth-order valence-corrected chi connectivity index (χ4v) is 1.88. The molecule has 1 aromatic heterocycles. The van der Waals surface area contributed by atoms with Crippen molar-refractivity contribution < 1.29 is 28.7 Å². The zero-order valence-corrected chi connectivity index (χ0v) is 10.9. The van der Waals surface area contributed by atoms with Crippen molar-refractivity contribution in [3.63, 3.8) is 0 Å². The topological polar surface area (TPSA) is 129 Å². The van der Waals surface area contributed by atoms with Gasteiger partial charge in [-0.25, -0.2) is 4.79 Å². The number of nitrogens with zero attached hydrogens (tertiary/aromatic N) is 1. The molecule has 1 aromatic rings. The lowest BCUT2D eigenvalue weighted by molar-refractivity contribution is -0.153. The summed E-state index contributed by atoms with van der Waals surface area (Å²) in [5.74, 6) is -2.88. The molecule has 0 spiro atoms. The van der Waals surface area contributed by atoms with Crippen molar-refractivity contribution in [2.75, 3.05) is 19.6 Å². The number of carboxylic acid groups (broad SMARTS) is 1. The van der Waals surface area contributed by atoms with E-state index >= 15 is 0 Å². The molecule has 3 N–H and O–H groups in total. The molecule has 0 saturated carbocycles. The zero-order chi connectivity index (χ0) is 15.4. The van der Waals surface area contributed by atoms with E-state index in [-0.39, 0.29) is 18.8 Å². The van der Waals surface area contributed by atoms with Crippen molar-refractivity contribution in [3.8, 4) is 0 Å². The molecule has 3 amide bonds. The Bertz CT molecular complexity index is 568. The van der Waals surface area contributed by atoms with Gasteiger partial charge in [-0.15, -0.1) is 0 Å². The third-order valence-electron chi connectivity index (χ3n) is 2.93. The number of hydrogen-bond donors (Lipinski definition) is 3. The SMILES string of the molecule is O=C1CN(C(=O)CNC(=O)c2ccco2)C(C(=O)O)CN1. The maximum atomic E-state index is 12.0. The Morgan fingerprint density at radius 1 is 1.48 bits per heavy atom. The number of nitrogens with one attached hydrogen (secondary N) is 2. The van der Waals surface area contributed by atoms with Gasteiger partial charge in [-0.05, 0) is 12.1 Å². The van der Waals surface area contributed by atoms with Crippen LogP contribution in [-0.4, -0.2) is 59.4 Å². The summed E-state index contributed by atoms with van der Waals surface area (Å²) in [6.45, 7) is -0.935. The van der Waals surface area contributed by atoms with Crippen LogP contribution in [0.3, 0.4) is 0 Å². The summed E-state index contributed by atoms with van der Waals surface area (Å²) in [4.78, 5) is 46.8. The van der Waals surface area contributed by atoms with Gasteiger partial charge >= 0.3 is 5.97 Å². The quantitative estimate of drug-likeness (QED) is 0.615. The summed E-state index contributed by atoms with van der Waals surface area (Å²) < 4.78 is 4.85. The lowest BCUT2D eigenvalue weighted by Crippen LogP contribution is -2.60. The van der Waals surface area contributed by atoms with Crippen LogP contribution < -0.4 is 10.6 Å². The van der Waals surface area contributed by atoms with Crippen LogP contribution >= 0.6 is 0 Å². The fraction of sp³-hybridized carbons (Fsp3) is 0.333. The van der Waals surface area contributed by atoms with Gasteiger partial charge in [0.2, 0.25) is 11.8 Å². The smallest absolute Gasteiger partial charge is 0.328 e. The first-order chi connectivity index (χ1) is 9.99. The summed E-state index contributed by atoms with van der Waals surface area (Å²) in [6.07, 6.45) is 1.31. The van der Waals surface area contributed by atoms with Gasteiger partial charge in [-0.3, -0.25) is 14.4 Å². The van der Waals surface area contributed by atoms with E-state index < -0.39 is 36.3 Å². The number of carbonyl (C=O) groups is 4. The number of rotatable bonds is 4. The highest BCUT2D eigenvalue weighted by atomic mass is 16.4. The van der Waals surface area contributed by atoms with E-state index in [2.05, 4.69) is 10.6 Å². The maximum absolute atomic E-state index is 12.0. The van der Waals surface area contributed by atoms with Crippen LogP contribution in [-0.2, 0) is 14.4 Å². The molecule has 0 aromatic carbocycles. The van der Waals surface area contributed by atoms with Gasteiger partial charge in [-0.1, -0.05) is 0 Å². The van der Waals surface area contributed by atoms with Crippen LogP contribution in [0, 0.1) is 0 Å². The van der Waals surface area contributed by atoms with Crippen molar-refractivity contribution in [2.45, 2.75) is 6.04 Å². The molecule has 1 atom stereocenters. The Morgan fingerprint density at radius 2 is 2.24 bits per heavy atom. The Labute approximate surface area is 118 Å². The standard InChI is InChI=1S/C12H13N3O6/c16-9-6-15(7(4-13-9)12(19)20)10(17)5-14-11(18)8-2-1-3-21-8/h1-3,7H,4-6H2,(H,13,16)(H,14,18)(H,19,20). The lowest BCUT2D eigenvalue weighted by Gasteiger charge is -2.32. The minimum atomic E-state index is -1.22. The summed E-state index contributed by atoms with van der Waals surface area (Å²) in [5, 5.41) is 13.7. The summed E-state index contributed by atoms with van der Waals surface area (Å²) >= 11 is 0. The predicted molar refractivity (Wildman–Crippen MR) is 67.2 cm³/mol. The monoisotopic (exact) mass is 295 g/mol. The minimum absolute atomic E-state index is 0.0361. The van der Waals surface area contributed by atoms with Crippen LogP contribution in [0.5, 0.6) is 0 Å². The molecule has 1 aliphatic heterocycles. The molecule has 1 aliphatic rings. The first kappa shape index (κ1) is 14.6. The molecule has 9 heteroatoms. The number of hydrogen-bond acceptors (Lipinski definition) is 5. The van der Waals surface area contributed by atoms with Gasteiger partial charge in [-0.2, -0.15) is 0 Å². The lowest BCUT2D eigenvalue weighted by atomic mass is 10.2. The Morgan fingerprint density at radius 3 is 2.86 bits per heavy atom. The second-order valence-corrected chi connectivity index (χ2v) is 4.34. The number of amides is 3. The van der Waals surface area contributed by atoms with Crippen LogP contribution in [0.25, 0.3) is 0 Å². The summed E-state index contributed by atoms with van der Waals surface area (Å²) in [7, 11) is 0. The first-order valence-electron chi connectivity index (χ1n) is 6.09. The number of piperazine rings is 1. The van der Waals surface area contributed by atoms with Gasteiger partial charge in [0.15, 0.2) is 5.76 Å². The molecule has 21 heavy (non-hydrogen) atoms. The van der Waals surface area contributed by atoms with E-state index in [0.717, 1.165) is 4.90 Å². The molecule has 112 valence electrons. The van der Waals surface area contributed by atoms with Crippen molar-refractivity contribution in [1.29, 1.82) is 0 Å². The highest BCUT2D eigenvalue weighted by Crippen LogP contribution is 2.05. The van der Waals surface area contributed by atoms with E-state index in [1.807, 2.05) is 0 Å². The fourth-order valence-electron chi connectivity index (χ4n) is 1.88. The second kappa shape index (κ2) is 6.07. The first-order valence-corrected chi connectivity index (χ1v) is 6.09.